The summed E-state index contributed by atoms with van der Waals surface area (Å²) < 4.78 is 0. The van der Waals surface area contributed by atoms with Crippen LogP contribution in [0.5, 0.6) is 0 Å². The molecule has 5 nitrogen and oxygen atoms in total. The molecule has 1 aromatic heterocycles. The standard InChI is InChI=1S/C22H23N3O2S/c1-14(2)21(27)24-18-9-7-17(8-10-18)23-20(26)12-19-13-28-22(25-19)16-6-4-5-15(3)11-16/h4-11,13-14H,12H2,1-3H3,(H,23,26)(H,24,27). The minimum absolute atomic E-state index is 0.0373. The number of rotatable bonds is 6. The third kappa shape index (κ3) is 5.27. The summed E-state index contributed by atoms with van der Waals surface area (Å²) in [7, 11) is 0. The molecule has 144 valence electrons. The van der Waals surface area contributed by atoms with E-state index in [-0.39, 0.29) is 24.2 Å². The first-order valence-electron chi connectivity index (χ1n) is 9.13. The van der Waals surface area contributed by atoms with E-state index in [9.17, 15) is 9.59 Å². The molecule has 0 aliphatic carbocycles. The van der Waals surface area contributed by atoms with Crippen molar-refractivity contribution in [2.75, 3.05) is 10.6 Å². The molecule has 0 aliphatic heterocycles. The van der Waals surface area contributed by atoms with Crippen molar-refractivity contribution in [2.45, 2.75) is 27.2 Å². The lowest BCUT2D eigenvalue weighted by Crippen LogP contribution is -2.18. The lowest BCUT2D eigenvalue weighted by atomic mass is 10.1. The highest BCUT2D eigenvalue weighted by Gasteiger charge is 2.10. The van der Waals surface area contributed by atoms with E-state index in [2.05, 4.69) is 21.7 Å². The summed E-state index contributed by atoms with van der Waals surface area (Å²) in [5, 5.41) is 8.52. The van der Waals surface area contributed by atoms with Gasteiger partial charge in [-0.2, -0.15) is 0 Å². The van der Waals surface area contributed by atoms with Crippen LogP contribution in [0.25, 0.3) is 10.6 Å². The molecule has 0 bridgehead atoms. The Balaban J connectivity index is 1.58. The molecule has 6 heteroatoms. The lowest BCUT2D eigenvalue weighted by molar-refractivity contribution is -0.119. The van der Waals surface area contributed by atoms with Crippen LogP contribution in [0.2, 0.25) is 0 Å². The number of aromatic nitrogens is 1. The third-order valence-corrected chi connectivity index (χ3v) is 5.06. The molecule has 0 fully saturated rings. The van der Waals surface area contributed by atoms with Gasteiger partial charge in [0.25, 0.3) is 0 Å². The highest BCUT2D eigenvalue weighted by Crippen LogP contribution is 2.24. The van der Waals surface area contributed by atoms with Gasteiger partial charge in [0.05, 0.1) is 12.1 Å². The Bertz CT molecular complexity index is 977. The summed E-state index contributed by atoms with van der Waals surface area (Å²) in [6.45, 7) is 5.73. The van der Waals surface area contributed by atoms with Crippen LogP contribution >= 0.6 is 11.3 Å². The summed E-state index contributed by atoms with van der Waals surface area (Å²) in [6, 6.07) is 15.2. The average Bonchev–Trinajstić information content (AvgIpc) is 3.11. The van der Waals surface area contributed by atoms with Crippen LogP contribution in [0.15, 0.2) is 53.9 Å². The van der Waals surface area contributed by atoms with E-state index in [1.807, 2.05) is 44.4 Å². The van der Waals surface area contributed by atoms with Crippen LogP contribution in [0.4, 0.5) is 11.4 Å². The first kappa shape index (κ1) is 19.8. The second-order valence-electron chi connectivity index (χ2n) is 6.96. The summed E-state index contributed by atoms with van der Waals surface area (Å²) in [5.74, 6) is -0.244. The molecule has 2 aromatic carbocycles. The molecule has 0 aliphatic rings. The molecule has 2 amide bonds. The zero-order valence-corrected chi connectivity index (χ0v) is 17.0. The van der Waals surface area contributed by atoms with Crippen LogP contribution in [0.1, 0.15) is 25.1 Å². The maximum Gasteiger partial charge on any atom is 0.230 e. The fraction of sp³-hybridized carbons (Fsp3) is 0.227. The van der Waals surface area contributed by atoms with Crippen LogP contribution in [0.3, 0.4) is 0 Å². The number of hydrogen-bond acceptors (Lipinski definition) is 4. The number of hydrogen-bond donors (Lipinski definition) is 2. The summed E-state index contributed by atoms with van der Waals surface area (Å²) in [5.41, 5.74) is 4.39. The van der Waals surface area contributed by atoms with Gasteiger partial charge in [0.1, 0.15) is 5.01 Å². The molecule has 3 rings (SSSR count). The number of carbonyl (C=O) groups is 2. The van der Waals surface area contributed by atoms with Gasteiger partial charge in [0, 0.05) is 28.2 Å². The maximum atomic E-state index is 12.3. The van der Waals surface area contributed by atoms with Gasteiger partial charge in [0.15, 0.2) is 0 Å². The Morgan fingerprint density at radius 3 is 2.36 bits per heavy atom. The normalized spacial score (nSPS) is 10.7. The molecule has 1 heterocycles. The molecule has 28 heavy (non-hydrogen) atoms. The van der Waals surface area contributed by atoms with Crippen molar-refractivity contribution in [3.8, 4) is 10.6 Å². The number of nitrogens with one attached hydrogen (secondary N) is 2. The monoisotopic (exact) mass is 393 g/mol. The lowest BCUT2D eigenvalue weighted by Gasteiger charge is -2.09. The first-order valence-corrected chi connectivity index (χ1v) is 10.0. The fourth-order valence-electron chi connectivity index (χ4n) is 2.59. The average molecular weight is 394 g/mol. The Kier molecular flexibility index (Phi) is 6.21. The summed E-state index contributed by atoms with van der Waals surface area (Å²) in [6.07, 6.45) is 0.216. The van der Waals surface area contributed by atoms with Gasteiger partial charge in [-0.05, 0) is 37.3 Å². The second-order valence-corrected chi connectivity index (χ2v) is 7.82. The van der Waals surface area contributed by atoms with E-state index in [4.69, 9.17) is 0 Å². The van der Waals surface area contributed by atoms with Crippen molar-refractivity contribution in [2.24, 2.45) is 5.92 Å². The quantitative estimate of drug-likeness (QED) is 0.626. The molecule has 3 aromatic rings. The van der Waals surface area contributed by atoms with Gasteiger partial charge in [-0.1, -0.05) is 37.6 Å². The number of amides is 2. The van der Waals surface area contributed by atoms with Crippen molar-refractivity contribution in [1.82, 2.24) is 4.98 Å². The Hall–Kier alpha value is -2.99. The Morgan fingerprint density at radius 2 is 1.71 bits per heavy atom. The van der Waals surface area contributed by atoms with Crippen molar-refractivity contribution >= 4 is 34.5 Å². The molecule has 0 atom stereocenters. The smallest absolute Gasteiger partial charge is 0.230 e. The van der Waals surface area contributed by atoms with Crippen molar-refractivity contribution in [3.63, 3.8) is 0 Å². The van der Waals surface area contributed by atoms with Gasteiger partial charge < -0.3 is 10.6 Å². The second kappa shape index (κ2) is 8.80. The van der Waals surface area contributed by atoms with Crippen LogP contribution in [-0.2, 0) is 16.0 Å². The van der Waals surface area contributed by atoms with E-state index >= 15 is 0 Å². The zero-order valence-electron chi connectivity index (χ0n) is 16.2. The van der Waals surface area contributed by atoms with Gasteiger partial charge >= 0.3 is 0 Å². The Morgan fingerprint density at radius 1 is 1.04 bits per heavy atom. The van der Waals surface area contributed by atoms with Crippen molar-refractivity contribution < 1.29 is 9.59 Å². The Labute approximate surface area is 168 Å². The third-order valence-electron chi connectivity index (χ3n) is 4.12. The fourth-order valence-corrected chi connectivity index (χ4v) is 3.41. The van der Waals surface area contributed by atoms with E-state index in [1.54, 1.807) is 24.3 Å². The molecule has 2 N–H and O–H groups in total. The highest BCUT2D eigenvalue weighted by atomic mass is 32.1. The molecule has 0 unspecified atom stereocenters. The van der Waals surface area contributed by atoms with Crippen LogP contribution in [-0.4, -0.2) is 16.8 Å². The van der Waals surface area contributed by atoms with E-state index < -0.39 is 0 Å². The van der Waals surface area contributed by atoms with E-state index in [0.717, 1.165) is 16.3 Å². The van der Waals surface area contributed by atoms with E-state index in [1.165, 1.54) is 16.9 Å². The number of anilines is 2. The maximum absolute atomic E-state index is 12.3. The molecular weight excluding hydrogens is 370 g/mol. The largest absolute Gasteiger partial charge is 0.326 e. The van der Waals surface area contributed by atoms with Gasteiger partial charge in [0.2, 0.25) is 11.8 Å². The number of carbonyl (C=O) groups excluding carboxylic acids is 2. The van der Waals surface area contributed by atoms with E-state index in [0.29, 0.717) is 11.4 Å². The SMILES string of the molecule is Cc1cccc(-c2nc(CC(=O)Nc3ccc(NC(=O)C(C)C)cc3)cs2)c1. The van der Waals surface area contributed by atoms with Crippen LogP contribution in [0, 0.1) is 12.8 Å². The predicted octanol–water partition coefficient (Wildman–Crippen LogP) is 4.89. The molecular formula is C22H23N3O2S. The minimum Gasteiger partial charge on any atom is -0.326 e. The minimum atomic E-state index is -0.125. The number of benzene rings is 2. The van der Waals surface area contributed by atoms with Gasteiger partial charge in [-0.3, -0.25) is 9.59 Å². The van der Waals surface area contributed by atoms with Crippen molar-refractivity contribution in [1.29, 1.82) is 0 Å². The van der Waals surface area contributed by atoms with Crippen LogP contribution < -0.4 is 10.6 Å². The summed E-state index contributed by atoms with van der Waals surface area (Å²) in [4.78, 5) is 28.6. The number of aryl methyl sites for hydroxylation is 1. The molecule has 0 saturated heterocycles. The topological polar surface area (TPSA) is 71.1 Å². The number of thiazole rings is 1. The zero-order chi connectivity index (χ0) is 20.1. The predicted molar refractivity (Wildman–Crippen MR) is 115 cm³/mol. The number of nitrogens with zero attached hydrogens (tertiary/aromatic N) is 1. The highest BCUT2D eigenvalue weighted by molar-refractivity contribution is 7.13. The van der Waals surface area contributed by atoms with Crippen molar-refractivity contribution in [3.05, 3.63) is 65.2 Å². The van der Waals surface area contributed by atoms with Gasteiger partial charge in [-0.25, -0.2) is 4.98 Å². The van der Waals surface area contributed by atoms with Gasteiger partial charge in [-0.15, -0.1) is 11.3 Å². The molecule has 0 radical (unpaired) electrons. The molecule has 0 spiro atoms. The molecule has 0 saturated carbocycles. The summed E-state index contributed by atoms with van der Waals surface area (Å²) >= 11 is 1.54. The first-order chi connectivity index (χ1) is 13.4.